The van der Waals surface area contributed by atoms with Crippen molar-refractivity contribution >= 4 is 29.1 Å². The highest BCUT2D eigenvalue weighted by molar-refractivity contribution is 6.33. The Balaban J connectivity index is 1.46. The van der Waals surface area contributed by atoms with Gasteiger partial charge in [-0.05, 0) is 38.3 Å². The van der Waals surface area contributed by atoms with E-state index in [9.17, 15) is 4.79 Å². The van der Waals surface area contributed by atoms with Crippen LogP contribution in [0.15, 0.2) is 24.7 Å². The van der Waals surface area contributed by atoms with Crippen molar-refractivity contribution in [1.29, 1.82) is 0 Å². The first-order valence-electron chi connectivity index (χ1n) is 10.0. The number of amides is 1. The second kappa shape index (κ2) is 9.47. The van der Waals surface area contributed by atoms with Crippen LogP contribution < -0.4 is 16.0 Å². The van der Waals surface area contributed by atoms with Crippen molar-refractivity contribution in [1.82, 2.24) is 20.3 Å². The van der Waals surface area contributed by atoms with Crippen molar-refractivity contribution in [3.8, 4) is 11.3 Å². The van der Waals surface area contributed by atoms with Crippen molar-refractivity contribution in [2.24, 2.45) is 5.92 Å². The Labute approximate surface area is 174 Å². The maximum atomic E-state index is 12.5. The molecule has 1 amide bonds. The van der Waals surface area contributed by atoms with Crippen molar-refractivity contribution in [2.45, 2.75) is 31.8 Å². The topological polar surface area (TPSA) is 101 Å². The maximum Gasteiger partial charge on any atom is 0.229 e. The van der Waals surface area contributed by atoms with Gasteiger partial charge < -0.3 is 20.7 Å². The largest absolute Gasteiger partial charge is 0.376 e. The molecule has 154 valence electrons. The number of hydrogen-bond donors (Lipinski definition) is 3. The van der Waals surface area contributed by atoms with Crippen LogP contribution in [0, 0.1) is 5.92 Å². The Hall–Kier alpha value is -2.29. The molecule has 0 aromatic carbocycles. The van der Waals surface area contributed by atoms with Crippen LogP contribution in [0.25, 0.3) is 11.3 Å². The smallest absolute Gasteiger partial charge is 0.229 e. The number of rotatable bonds is 6. The van der Waals surface area contributed by atoms with Gasteiger partial charge in [-0.25, -0.2) is 9.97 Å². The molecule has 4 rings (SSSR count). The molecule has 3 N–H and O–H groups in total. The second-order valence-electron chi connectivity index (χ2n) is 7.39. The number of piperidine rings is 1. The van der Waals surface area contributed by atoms with Gasteiger partial charge >= 0.3 is 0 Å². The Bertz CT molecular complexity index is 853. The molecule has 0 bridgehead atoms. The summed E-state index contributed by atoms with van der Waals surface area (Å²) in [7, 11) is 0. The van der Waals surface area contributed by atoms with Gasteiger partial charge in [0.05, 0.1) is 35.1 Å². The first kappa shape index (κ1) is 20.0. The van der Waals surface area contributed by atoms with Gasteiger partial charge in [-0.3, -0.25) is 9.78 Å². The molecule has 0 unspecified atom stereocenters. The van der Waals surface area contributed by atoms with E-state index in [-0.39, 0.29) is 17.9 Å². The number of carbonyl (C=O) groups is 1. The maximum absolute atomic E-state index is 12.5. The summed E-state index contributed by atoms with van der Waals surface area (Å²) in [6.45, 7) is 3.16. The summed E-state index contributed by atoms with van der Waals surface area (Å²) in [5, 5.41) is 9.87. The Morgan fingerprint density at radius 1 is 1.24 bits per heavy atom. The lowest BCUT2D eigenvalue weighted by Gasteiger charge is -2.21. The van der Waals surface area contributed by atoms with Crippen LogP contribution in [0.1, 0.15) is 25.7 Å². The van der Waals surface area contributed by atoms with E-state index in [2.05, 4.69) is 30.9 Å². The number of hydrogen-bond acceptors (Lipinski definition) is 7. The highest BCUT2D eigenvalue weighted by Crippen LogP contribution is 2.28. The van der Waals surface area contributed by atoms with Gasteiger partial charge in [-0.2, -0.15) is 0 Å². The molecule has 2 saturated heterocycles. The van der Waals surface area contributed by atoms with E-state index in [0.29, 0.717) is 41.0 Å². The molecule has 2 aliphatic rings. The second-order valence-corrected chi connectivity index (χ2v) is 7.79. The Kier molecular flexibility index (Phi) is 6.53. The number of anilines is 2. The molecule has 2 aromatic rings. The van der Waals surface area contributed by atoms with Crippen LogP contribution in [-0.2, 0) is 9.53 Å². The standard InChI is InChI=1S/C20H25ClN6O2/c21-16-10-25-18(27-20(28)13-3-1-5-22-8-13)7-15(16)17-11-23-12-19(26-17)24-9-14-4-2-6-29-14/h7,10-14,22H,1-6,8-9H2,(H,24,26)(H,25,27,28)/t13-,14+/m1/s1. The van der Waals surface area contributed by atoms with Gasteiger partial charge in [0, 0.05) is 31.5 Å². The van der Waals surface area contributed by atoms with Gasteiger partial charge in [0.25, 0.3) is 0 Å². The van der Waals surface area contributed by atoms with Crippen molar-refractivity contribution < 1.29 is 9.53 Å². The molecule has 0 saturated carbocycles. The zero-order chi connectivity index (χ0) is 20.1. The Morgan fingerprint density at radius 2 is 2.17 bits per heavy atom. The van der Waals surface area contributed by atoms with Crippen LogP contribution >= 0.6 is 11.6 Å². The number of nitrogens with zero attached hydrogens (tertiary/aromatic N) is 3. The molecule has 2 fully saturated rings. The zero-order valence-electron chi connectivity index (χ0n) is 16.2. The van der Waals surface area contributed by atoms with E-state index >= 15 is 0 Å². The van der Waals surface area contributed by atoms with Crippen molar-refractivity contribution in [3.05, 3.63) is 29.7 Å². The summed E-state index contributed by atoms with van der Waals surface area (Å²) in [6.07, 6.45) is 9.08. The average molecular weight is 417 g/mol. The molecule has 9 heteroatoms. The summed E-state index contributed by atoms with van der Waals surface area (Å²) >= 11 is 6.36. The molecule has 0 radical (unpaired) electrons. The van der Waals surface area contributed by atoms with Crippen LogP contribution in [-0.4, -0.2) is 53.2 Å². The molecule has 4 heterocycles. The van der Waals surface area contributed by atoms with Crippen molar-refractivity contribution in [2.75, 3.05) is 36.9 Å². The lowest BCUT2D eigenvalue weighted by Crippen LogP contribution is -2.37. The first-order chi connectivity index (χ1) is 14.2. The Morgan fingerprint density at radius 3 is 2.97 bits per heavy atom. The molecule has 2 aromatic heterocycles. The predicted molar refractivity (Wildman–Crippen MR) is 112 cm³/mol. The van der Waals surface area contributed by atoms with E-state index in [4.69, 9.17) is 16.3 Å². The number of nitrogens with one attached hydrogen (secondary N) is 3. The molecule has 0 spiro atoms. The molecule has 8 nitrogen and oxygen atoms in total. The van der Waals surface area contributed by atoms with Gasteiger partial charge in [-0.1, -0.05) is 11.6 Å². The predicted octanol–water partition coefficient (Wildman–Crippen LogP) is 2.72. The highest BCUT2D eigenvalue weighted by Gasteiger charge is 2.22. The van der Waals surface area contributed by atoms with Gasteiger partial charge in [0.2, 0.25) is 5.91 Å². The van der Waals surface area contributed by atoms with E-state index < -0.39 is 0 Å². The summed E-state index contributed by atoms with van der Waals surface area (Å²) in [4.78, 5) is 25.6. The zero-order valence-corrected chi connectivity index (χ0v) is 16.9. The third-order valence-corrected chi connectivity index (χ3v) is 5.52. The quantitative estimate of drug-likeness (QED) is 0.665. The first-order valence-corrected chi connectivity index (χ1v) is 10.4. The lowest BCUT2D eigenvalue weighted by molar-refractivity contribution is -0.120. The fourth-order valence-corrected chi connectivity index (χ4v) is 3.81. The number of pyridine rings is 1. The molecule has 0 aliphatic carbocycles. The van der Waals surface area contributed by atoms with Gasteiger partial charge in [-0.15, -0.1) is 0 Å². The SMILES string of the molecule is O=C(Nc1cc(-c2cncc(NC[C@@H]3CCCO3)n2)c(Cl)cn1)[C@@H]1CCCNC1. The van der Waals surface area contributed by atoms with E-state index in [1.807, 2.05) is 0 Å². The van der Waals surface area contributed by atoms with E-state index in [0.717, 1.165) is 38.8 Å². The van der Waals surface area contributed by atoms with Gasteiger partial charge in [0.1, 0.15) is 11.6 Å². The van der Waals surface area contributed by atoms with Crippen molar-refractivity contribution in [3.63, 3.8) is 0 Å². The molecule has 29 heavy (non-hydrogen) atoms. The molecule has 2 aliphatic heterocycles. The summed E-state index contributed by atoms with van der Waals surface area (Å²) in [5.74, 6) is 1.04. The minimum atomic E-state index is -0.0465. The summed E-state index contributed by atoms with van der Waals surface area (Å²) in [6, 6.07) is 1.74. The fraction of sp³-hybridized carbons (Fsp3) is 0.500. The monoisotopic (exact) mass is 416 g/mol. The highest BCUT2D eigenvalue weighted by atomic mass is 35.5. The summed E-state index contributed by atoms with van der Waals surface area (Å²) < 4.78 is 5.63. The minimum absolute atomic E-state index is 0.0314. The van der Waals surface area contributed by atoms with Crippen LogP contribution in [0.5, 0.6) is 0 Å². The number of halogens is 1. The van der Waals surface area contributed by atoms with Crippen LogP contribution in [0.4, 0.5) is 11.6 Å². The van der Waals surface area contributed by atoms with Crippen LogP contribution in [0.2, 0.25) is 5.02 Å². The van der Waals surface area contributed by atoms with Gasteiger partial charge in [0.15, 0.2) is 0 Å². The number of ether oxygens (including phenoxy) is 1. The van der Waals surface area contributed by atoms with E-state index in [1.165, 1.54) is 6.20 Å². The summed E-state index contributed by atoms with van der Waals surface area (Å²) in [5.41, 5.74) is 1.29. The lowest BCUT2D eigenvalue weighted by atomic mass is 9.99. The molecular weight excluding hydrogens is 392 g/mol. The molecule has 2 atom stereocenters. The minimum Gasteiger partial charge on any atom is -0.376 e. The third-order valence-electron chi connectivity index (χ3n) is 5.22. The number of carbonyl (C=O) groups excluding carboxylic acids is 1. The van der Waals surface area contributed by atoms with E-state index in [1.54, 1.807) is 18.5 Å². The number of aromatic nitrogens is 3. The normalized spacial score (nSPS) is 21.7. The fourth-order valence-electron chi connectivity index (χ4n) is 3.61. The third kappa shape index (κ3) is 5.20. The molecular formula is C20H25ClN6O2. The average Bonchev–Trinajstić information content (AvgIpc) is 3.28. The van der Waals surface area contributed by atoms with Crippen LogP contribution in [0.3, 0.4) is 0 Å².